The van der Waals surface area contributed by atoms with Crippen molar-refractivity contribution in [1.82, 2.24) is 4.98 Å². The van der Waals surface area contributed by atoms with Crippen molar-refractivity contribution in [3.63, 3.8) is 0 Å². The lowest BCUT2D eigenvalue weighted by Crippen LogP contribution is -2.16. The highest BCUT2D eigenvalue weighted by Gasteiger charge is 2.36. The Kier molecular flexibility index (Phi) is 4.52. The van der Waals surface area contributed by atoms with Crippen molar-refractivity contribution >= 4 is 5.97 Å². The Morgan fingerprint density at radius 1 is 1.44 bits per heavy atom. The lowest BCUT2D eigenvalue weighted by atomic mass is 10.1. The Bertz CT molecular complexity index is 432. The van der Waals surface area contributed by atoms with Crippen LogP contribution in [0.4, 0.5) is 13.2 Å². The minimum atomic E-state index is -4.62. The van der Waals surface area contributed by atoms with Crippen LogP contribution in [0, 0.1) is 0 Å². The van der Waals surface area contributed by atoms with Gasteiger partial charge in [0, 0.05) is 0 Å². The number of hydrogen-bond donors (Lipinski definition) is 0. The number of ether oxygens (including phenoxy) is 2. The molecule has 0 aliphatic rings. The van der Waals surface area contributed by atoms with E-state index >= 15 is 0 Å². The molecule has 0 unspecified atom stereocenters. The van der Waals surface area contributed by atoms with Gasteiger partial charge in [-0.25, -0.2) is 4.98 Å². The molecule has 0 aromatic carbocycles. The molecule has 1 aromatic heterocycles. The molecule has 1 aromatic rings. The lowest BCUT2D eigenvalue weighted by Gasteiger charge is -2.12. The van der Waals surface area contributed by atoms with Crippen molar-refractivity contribution in [3.05, 3.63) is 23.5 Å². The molecule has 0 amide bonds. The summed E-state index contributed by atoms with van der Waals surface area (Å²) < 4.78 is 47.4. The molecule has 18 heavy (non-hydrogen) atoms. The molecule has 0 spiro atoms. The number of halogens is 3. The van der Waals surface area contributed by atoms with E-state index in [1.54, 1.807) is 6.92 Å². The van der Waals surface area contributed by atoms with Gasteiger partial charge in [0.05, 0.1) is 26.3 Å². The van der Waals surface area contributed by atoms with Crippen LogP contribution in [0.5, 0.6) is 5.75 Å². The molecule has 1 rings (SSSR count). The van der Waals surface area contributed by atoms with Gasteiger partial charge in [0.1, 0.15) is 11.4 Å². The Morgan fingerprint density at radius 2 is 2.11 bits per heavy atom. The van der Waals surface area contributed by atoms with Crippen LogP contribution in [0.25, 0.3) is 0 Å². The fourth-order valence-electron chi connectivity index (χ4n) is 1.36. The zero-order chi connectivity index (χ0) is 13.8. The molecule has 0 atom stereocenters. The Hall–Kier alpha value is -1.79. The van der Waals surface area contributed by atoms with Crippen molar-refractivity contribution < 1.29 is 27.4 Å². The summed E-state index contributed by atoms with van der Waals surface area (Å²) in [5.41, 5.74) is -1.36. The van der Waals surface area contributed by atoms with Crippen LogP contribution in [-0.4, -0.2) is 24.7 Å². The van der Waals surface area contributed by atoms with Gasteiger partial charge in [-0.3, -0.25) is 4.79 Å². The summed E-state index contributed by atoms with van der Waals surface area (Å²) in [6.45, 7) is 1.68. The van der Waals surface area contributed by atoms with Gasteiger partial charge in [-0.2, -0.15) is 13.2 Å². The Morgan fingerprint density at radius 3 is 2.61 bits per heavy atom. The molecule has 0 saturated heterocycles. The van der Waals surface area contributed by atoms with Crippen LogP contribution in [0.15, 0.2) is 12.3 Å². The predicted molar refractivity (Wildman–Crippen MR) is 56.1 cm³/mol. The molecular formula is C11H12F3NO3. The lowest BCUT2D eigenvalue weighted by molar-refractivity contribution is -0.144. The highest BCUT2D eigenvalue weighted by atomic mass is 19.4. The standard InChI is InChI=1S/C11H12F3NO3/c1-3-18-9(16)5-7-4-8(17-2)6-15-10(7)11(12,13)14/h4,6H,3,5H2,1-2H3. The largest absolute Gasteiger partial charge is 0.495 e. The van der Waals surface area contributed by atoms with E-state index in [1.807, 2.05) is 0 Å². The number of alkyl halides is 3. The third kappa shape index (κ3) is 3.61. The number of nitrogens with zero attached hydrogens (tertiary/aromatic N) is 1. The van der Waals surface area contributed by atoms with Crippen molar-refractivity contribution in [2.45, 2.75) is 19.5 Å². The normalized spacial score (nSPS) is 11.2. The highest BCUT2D eigenvalue weighted by Crippen LogP contribution is 2.32. The van der Waals surface area contributed by atoms with E-state index in [4.69, 9.17) is 4.74 Å². The number of pyridine rings is 1. The third-order valence-electron chi connectivity index (χ3n) is 2.09. The average molecular weight is 263 g/mol. The number of aromatic nitrogens is 1. The maximum absolute atomic E-state index is 12.7. The first kappa shape index (κ1) is 14.3. The van der Waals surface area contributed by atoms with Gasteiger partial charge < -0.3 is 9.47 Å². The summed E-state index contributed by atoms with van der Waals surface area (Å²) in [5, 5.41) is 0. The van der Waals surface area contributed by atoms with Crippen molar-refractivity contribution in [2.75, 3.05) is 13.7 Å². The molecular weight excluding hydrogens is 251 g/mol. The Balaban J connectivity index is 3.08. The van der Waals surface area contributed by atoms with E-state index in [-0.39, 0.29) is 17.9 Å². The van der Waals surface area contributed by atoms with E-state index in [0.717, 1.165) is 12.3 Å². The van der Waals surface area contributed by atoms with Crippen LogP contribution in [-0.2, 0) is 22.1 Å². The second-order valence-corrected chi connectivity index (χ2v) is 3.36. The molecule has 4 nitrogen and oxygen atoms in total. The molecule has 100 valence electrons. The number of esters is 1. The molecule has 0 bridgehead atoms. The first-order valence-electron chi connectivity index (χ1n) is 5.14. The molecule has 0 aliphatic carbocycles. The number of hydrogen-bond acceptors (Lipinski definition) is 4. The number of carbonyl (C=O) groups is 1. The van der Waals surface area contributed by atoms with Crippen LogP contribution >= 0.6 is 0 Å². The van der Waals surface area contributed by atoms with E-state index in [1.165, 1.54) is 7.11 Å². The Labute approximate surface area is 102 Å². The van der Waals surface area contributed by atoms with Crippen LogP contribution in [0.3, 0.4) is 0 Å². The summed E-state index contributed by atoms with van der Waals surface area (Å²) in [4.78, 5) is 14.5. The van der Waals surface area contributed by atoms with Gasteiger partial charge in [0.25, 0.3) is 0 Å². The average Bonchev–Trinajstić information content (AvgIpc) is 2.27. The zero-order valence-corrected chi connectivity index (χ0v) is 9.87. The van der Waals surface area contributed by atoms with Crippen LogP contribution in [0.2, 0.25) is 0 Å². The summed E-state index contributed by atoms with van der Waals surface area (Å²) >= 11 is 0. The molecule has 0 saturated carbocycles. The minimum absolute atomic E-state index is 0.109. The van der Waals surface area contributed by atoms with Crippen molar-refractivity contribution in [2.24, 2.45) is 0 Å². The molecule has 0 fully saturated rings. The van der Waals surface area contributed by atoms with Crippen LogP contribution < -0.4 is 4.74 Å². The zero-order valence-electron chi connectivity index (χ0n) is 9.87. The van der Waals surface area contributed by atoms with Gasteiger partial charge in [-0.15, -0.1) is 0 Å². The quantitative estimate of drug-likeness (QED) is 0.781. The van der Waals surface area contributed by atoms with Gasteiger partial charge in [0.2, 0.25) is 0 Å². The summed E-state index contributed by atoms with van der Waals surface area (Å²) in [5.74, 6) is -0.583. The second-order valence-electron chi connectivity index (χ2n) is 3.36. The highest BCUT2D eigenvalue weighted by molar-refractivity contribution is 5.73. The first-order valence-corrected chi connectivity index (χ1v) is 5.14. The van der Waals surface area contributed by atoms with E-state index in [2.05, 4.69) is 9.72 Å². The number of rotatable bonds is 4. The maximum Gasteiger partial charge on any atom is 0.433 e. The number of carbonyl (C=O) groups excluding carboxylic acids is 1. The molecule has 1 heterocycles. The molecule has 0 radical (unpaired) electrons. The summed E-state index contributed by atoms with van der Waals surface area (Å²) in [6, 6.07) is 1.13. The van der Waals surface area contributed by atoms with E-state index in [0.29, 0.717) is 0 Å². The molecule has 0 aliphatic heterocycles. The van der Waals surface area contributed by atoms with Gasteiger partial charge in [-0.05, 0) is 18.6 Å². The minimum Gasteiger partial charge on any atom is -0.495 e. The molecule has 7 heteroatoms. The number of methoxy groups -OCH3 is 1. The van der Waals surface area contributed by atoms with Crippen molar-refractivity contribution in [1.29, 1.82) is 0 Å². The SMILES string of the molecule is CCOC(=O)Cc1cc(OC)cnc1C(F)(F)F. The van der Waals surface area contributed by atoms with Gasteiger partial charge in [-0.1, -0.05) is 0 Å². The second kappa shape index (κ2) is 5.70. The topological polar surface area (TPSA) is 48.4 Å². The van der Waals surface area contributed by atoms with E-state index in [9.17, 15) is 18.0 Å². The van der Waals surface area contributed by atoms with Gasteiger partial charge in [0.15, 0.2) is 0 Å². The summed E-state index contributed by atoms with van der Waals surface area (Å²) in [6.07, 6.45) is -4.15. The monoisotopic (exact) mass is 263 g/mol. The van der Waals surface area contributed by atoms with E-state index < -0.39 is 24.3 Å². The summed E-state index contributed by atoms with van der Waals surface area (Å²) in [7, 11) is 1.30. The maximum atomic E-state index is 12.7. The van der Waals surface area contributed by atoms with Gasteiger partial charge >= 0.3 is 12.1 Å². The fraction of sp³-hybridized carbons (Fsp3) is 0.455. The first-order chi connectivity index (χ1) is 8.38. The molecule has 0 N–H and O–H groups in total. The van der Waals surface area contributed by atoms with Crippen LogP contribution in [0.1, 0.15) is 18.2 Å². The third-order valence-corrected chi connectivity index (χ3v) is 2.09. The van der Waals surface area contributed by atoms with Crippen molar-refractivity contribution in [3.8, 4) is 5.75 Å². The fourth-order valence-corrected chi connectivity index (χ4v) is 1.36. The smallest absolute Gasteiger partial charge is 0.433 e. The predicted octanol–water partition coefficient (Wildman–Crippen LogP) is 2.21.